The lowest BCUT2D eigenvalue weighted by atomic mass is 10.2. The molecule has 0 aliphatic heterocycles. The Morgan fingerprint density at radius 3 is 2.88 bits per heavy atom. The average molecular weight is 300 g/mol. The van der Waals surface area contributed by atoms with E-state index >= 15 is 0 Å². The van der Waals surface area contributed by atoms with Crippen molar-refractivity contribution < 1.29 is 4.74 Å². The van der Waals surface area contributed by atoms with E-state index in [-0.39, 0.29) is 0 Å². The Kier molecular flexibility index (Phi) is 3.41. The number of hydrogen-bond acceptors (Lipinski definition) is 3. The van der Waals surface area contributed by atoms with Crippen LogP contribution in [0.5, 0.6) is 11.6 Å². The molecule has 0 bridgehead atoms. The topological polar surface area (TPSA) is 35.0 Å². The van der Waals surface area contributed by atoms with Crippen molar-refractivity contribution in [2.24, 2.45) is 0 Å². The maximum absolute atomic E-state index is 5.89. The van der Waals surface area contributed by atoms with Crippen molar-refractivity contribution >= 4 is 27.5 Å². The zero-order chi connectivity index (χ0) is 11.5. The third-order valence-electron chi connectivity index (χ3n) is 1.93. The van der Waals surface area contributed by atoms with E-state index in [4.69, 9.17) is 16.3 Å². The Morgan fingerprint density at radius 2 is 2.19 bits per heavy atom. The van der Waals surface area contributed by atoms with Crippen molar-refractivity contribution in [3.8, 4) is 11.6 Å². The highest BCUT2D eigenvalue weighted by molar-refractivity contribution is 9.10. The molecule has 1 heterocycles. The van der Waals surface area contributed by atoms with E-state index in [0.29, 0.717) is 16.7 Å². The van der Waals surface area contributed by atoms with Gasteiger partial charge in [0, 0.05) is 0 Å². The van der Waals surface area contributed by atoms with Gasteiger partial charge in [-0.3, -0.25) is 0 Å². The van der Waals surface area contributed by atoms with E-state index in [1.165, 1.54) is 12.5 Å². The number of rotatable bonds is 2. The smallest absolute Gasteiger partial charge is 0.241 e. The molecule has 2 rings (SSSR count). The molecule has 16 heavy (non-hydrogen) atoms. The van der Waals surface area contributed by atoms with Gasteiger partial charge in [-0.15, -0.1) is 0 Å². The molecule has 0 spiro atoms. The van der Waals surface area contributed by atoms with Gasteiger partial charge in [0.05, 0.1) is 10.7 Å². The van der Waals surface area contributed by atoms with Gasteiger partial charge in [-0.05, 0) is 40.5 Å². The van der Waals surface area contributed by atoms with E-state index in [0.717, 1.165) is 10.0 Å². The van der Waals surface area contributed by atoms with Gasteiger partial charge < -0.3 is 4.74 Å². The van der Waals surface area contributed by atoms with Crippen LogP contribution >= 0.6 is 27.5 Å². The third-order valence-corrected chi connectivity index (χ3v) is 2.81. The van der Waals surface area contributed by atoms with Gasteiger partial charge in [-0.25, -0.2) is 9.97 Å². The lowest BCUT2D eigenvalue weighted by Crippen LogP contribution is -1.90. The van der Waals surface area contributed by atoms with E-state index in [9.17, 15) is 0 Å². The molecule has 0 radical (unpaired) electrons. The van der Waals surface area contributed by atoms with Crippen LogP contribution in [0.25, 0.3) is 0 Å². The zero-order valence-electron chi connectivity index (χ0n) is 8.45. The van der Waals surface area contributed by atoms with Crippen molar-refractivity contribution in [2.45, 2.75) is 6.92 Å². The van der Waals surface area contributed by atoms with Crippen LogP contribution in [0.4, 0.5) is 0 Å². The number of benzene rings is 1. The van der Waals surface area contributed by atoms with Crippen molar-refractivity contribution in [1.82, 2.24) is 9.97 Å². The van der Waals surface area contributed by atoms with Gasteiger partial charge in [0.25, 0.3) is 0 Å². The fraction of sp³-hybridized carbons (Fsp3) is 0.0909. The molecule has 0 N–H and O–H groups in total. The SMILES string of the molecule is Cc1ccc(Oc2ncncc2Cl)c(Br)c1. The molecule has 3 nitrogen and oxygen atoms in total. The molecular weight excluding hydrogens is 291 g/mol. The lowest BCUT2D eigenvalue weighted by Gasteiger charge is -2.07. The molecule has 82 valence electrons. The lowest BCUT2D eigenvalue weighted by molar-refractivity contribution is 0.459. The number of aromatic nitrogens is 2. The monoisotopic (exact) mass is 298 g/mol. The minimum atomic E-state index is 0.348. The molecule has 0 amide bonds. The van der Waals surface area contributed by atoms with Crippen LogP contribution in [-0.2, 0) is 0 Å². The summed E-state index contributed by atoms with van der Waals surface area (Å²) in [5.74, 6) is 1.02. The van der Waals surface area contributed by atoms with E-state index in [1.807, 2.05) is 25.1 Å². The summed E-state index contributed by atoms with van der Waals surface area (Å²) >= 11 is 9.31. The second kappa shape index (κ2) is 4.80. The maximum Gasteiger partial charge on any atom is 0.241 e. The van der Waals surface area contributed by atoms with E-state index in [1.54, 1.807) is 0 Å². The molecule has 0 saturated carbocycles. The minimum absolute atomic E-state index is 0.348. The predicted molar refractivity (Wildman–Crippen MR) is 66.0 cm³/mol. The predicted octanol–water partition coefficient (Wildman–Crippen LogP) is 3.99. The third kappa shape index (κ3) is 2.51. The molecule has 1 aromatic heterocycles. The second-order valence-electron chi connectivity index (χ2n) is 3.21. The first-order valence-electron chi connectivity index (χ1n) is 4.56. The Labute approximate surface area is 107 Å². The van der Waals surface area contributed by atoms with Crippen molar-refractivity contribution in [3.63, 3.8) is 0 Å². The minimum Gasteiger partial charge on any atom is -0.436 e. The largest absolute Gasteiger partial charge is 0.436 e. The number of ether oxygens (including phenoxy) is 1. The van der Waals surface area contributed by atoms with Crippen LogP contribution in [0.3, 0.4) is 0 Å². The molecule has 0 fully saturated rings. The number of hydrogen-bond donors (Lipinski definition) is 0. The molecule has 2 aromatic rings. The van der Waals surface area contributed by atoms with Crippen molar-refractivity contribution in [3.05, 3.63) is 45.8 Å². The van der Waals surface area contributed by atoms with Gasteiger partial charge in [-0.1, -0.05) is 17.7 Å². The van der Waals surface area contributed by atoms with Crippen LogP contribution in [0.15, 0.2) is 35.2 Å². The first kappa shape index (κ1) is 11.4. The van der Waals surface area contributed by atoms with Crippen LogP contribution in [0.2, 0.25) is 5.02 Å². The Hall–Kier alpha value is -1.13. The van der Waals surface area contributed by atoms with Crippen molar-refractivity contribution in [2.75, 3.05) is 0 Å². The van der Waals surface area contributed by atoms with E-state index in [2.05, 4.69) is 25.9 Å². The highest BCUT2D eigenvalue weighted by Crippen LogP contribution is 2.32. The second-order valence-corrected chi connectivity index (χ2v) is 4.47. The summed E-state index contributed by atoms with van der Waals surface area (Å²) < 4.78 is 6.43. The number of halogens is 2. The first-order chi connectivity index (χ1) is 7.66. The fourth-order valence-electron chi connectivity index (χ4n) is 1.17. The van der Waals surface area contributed by atoms with Crippen LogP contribution in [-0.4, -0.2) is 9.97 Å². The summed E-state index contributed by atoms with van der Waals surface area (Å²) in [5.41, 5.74) is 1.15. The summed E-state index contributed by atoms with van der Waals surface area (Å²) in [5, 5.41) is 0.384. The highest BCUT2D eigenvalue weighted by Gasteiger charge is 2.07. The first-order valence-corrected chi connectivity index (χ1v) is 5.73. The zero-order valence-corrected chi connectivity index (χ0v) is 10.8. The summed E-state index contributed by atoms with van der Waals surface area (Å²) in [6, 6.07) is 5.78. The molecule has 5 heteroatoms. The molecule has 0 saturated heterocycles. The standard InChI is InChI=1S/C11H8BrClN2O/c1-7-2-3-10(8(12)4-7)16-11-9(13)5-14-6-15-11/h2-6H,1H3. The molecule has 0 atom stereocenters. The quantitative estimate of drug-likeness (QED) is 0.841. The Bertz CT molecular complexity index is 519. The van der Waals surface area contributed by atoms with Gasteiger partial charge in [0.15, 0.2) is 0 Å². The molecular formula is C11H8BrClN2O. The van der Waals surface area contributed by atoms with E-state index < -0.39 is 0 Å². The fourth-order valence-corrected chi connectivity index (χ4v) is 1.89. The number of nitrogens with zero attached hydrogens (tertiary/aromatic N) is 2. The van der Waals surface area contributed by atoms with Crippen LogP contribution in [0, 0.1) is 6.92 Å². The molecule has 0 aliphatic carbocycles. The van der Waals surface area contributed by atoms with Crippen molar-refractivity contribution in [1.29, 1.82) is 0 Å². The normalized spacial score (nSPS) is 10.2. The summed E-state index contributed by atoms with van der Waals surface area (Å²) in [4.78, 5) is 7.74. The Morgan fingerprint density at radius 1 is 1.38 bits per heavy atom. The summed E-state index contributed by atoms with van der Waals surface area (Å²) in [6.45, 7) is 2.01. The summed E-state index contributed by atoms with van der Waals surface area (Å²) in [6.07, 6.45) is 2.88. The van der Waals surface area contributed by atoms with Crippen LogP contribution in [0.1, 0.15) is 5.56 Å². The molecule has 0 aliphatic rings. The van der Waals surface area contributed by atoms with Gasteiger partial charge in [-0.2, -0.15) is 0 Å². The van der Waals surface area contributed by atoms with Crippen LogP contribution < -0.4 is 4.74 Å². The summed E-state index contributed by atoms with van der Waals surface area (Å²) in [7, 11) is 0. The molecule has 0 unspecified atom stereocenters. The number of aryl methyl sites for hydroxylation is 1. The highest BCUT2D eigenvalue weighted by atomic mass is 79.9. The van der Waals surface area contributed by atoms with Gasteiger partial charge in [0.1, 0.15) is 17.1 Å². The maximum atomic E-state index is 5.89. The van der Waals surface area contributed by atoms with Gasteiger partial charge in [0.2, 0.25) is 5.88 Å². The molecule has 1 aromatic carbocycles. The average Bonchev–Trinajstić information content (AvgIpc) is 2.25. The Balaban J connectivity index is 2.31. The van der Waals surface area contributed by atoms with Gasteiger partial charge >= 0.3 is 0 Å².